The summed E-state index contributed by atoms with van der Waals surface area (Å²) in [4.78, 5) is 21.2. The molecular weight excluding hydrogens is 501 g/mol. The summed E-state index contributed by atoms with van der Waals surface area (Å²) < 4.78 is 25.1. The lowest BCUT2D eigenvalue weighted by molar-refractivity contribution is 0.0783. The Balaban J connectivity index is 1.33. The van der Waals surface area contributed by atoms with Crippen LogP contribution < -0.4 is 20.7 Å². The number of benzene rings is 2. The number of anilines is 3. The minimum Gasteiger partial charge on any atom is -0.491 e. The summed E-state index contributed by atoms with van der Waals surface area (Å²) in [7, 11) is 1.62. The Kier molecular flexibility index (Phi) is 9.32. The first-order chi connectivity index (χ1) is 18.7. The molecule has 2 atom stereocenters. The fourth-order valence-corrected chi connectivity index (χ4v) is 4.48. The van der Waals surface area contributed by atoms with Gasteiger partial charge in [0, 0.05) is 30.4 Å². The number of aliphatic hydroxyl groups is 1. The number of hydrogen-bond acceptors (Lipinski definition) is 8. The van der Waals surface area contributed by atoms with Gasteiger partial charge in [0.2, 0.25) is 5.95 Å². The van der Waals surface area contributed by atoms with Crippen LogP contribution in [0.3, 0.4) is 0 Å². The van der Waals surface area contributed by atoms with Gasteiger partial charge in [-0.15, -0.1) is 0 Å². The Bertz CT molecular complexity index is 1230. The van der Waals surface area contributed by atoms with Crippen LogP contribution in [0.1, 0.15) is 55.5 Å². The third kappa shape index (κ3) is 8.11. The highest BCUT2D eigenvalue weighted by atomic mass is 19.1. The summed E-state index contributed by atoms with van der Waals surface area (Å²) in [6.45, 7) is 4.37. The van der Waals surface area contributed by atoms with Crippen molar-refractivity contribution in [2.24, 2.45) is 0 Å². The Morgan fingerprint density at radius 1 is 1.08 bits per heavy atom. The van der Waals surface area contributed by atoms with Crippen molar-refractivity contribution in [3.63, 3.8) is 0 Å². The van der Waals surface area contributed by atoms with Crippen molar-refractivity contribution in [1.82, 2.24) is 15.3 Å². The molecule has 1 aliphatic carbocycles. The van der Waals surface area contributed by atoms with E-state index in [-0.39, 0.29) is 29.8 Å². The van der Waals surface area contributed by atoms with Crippen LogP contribution in [-0.2, 0) is 10.3 Å². The van der Waals surface area contributed by atoms with Gasteiger partial charge < -0.3 is 30.5 Å². The molecule has 3 aromatic rings. The van der Waals surface area contributed by atoms with Gasteiger partial charge >= 0.3 is 0 Å². The number of rotatable bonds is 11. The lowest BCUT2D eigenvalue weighted by Crippen LogP contribution is -2.42. The summed E-state index contributed by atoms with van der Waals surface area (Å²) in [5.74, 6) is 0.386. The molecule has 1 aromatic heterocycles. The molecule has 4 N–H and O–H groups in total. The van der Waals surface area contributed by atoms with E-state index in [1.165, 1.54) is 0 Å². The molecule has 208 valence electrons. The Morgan fingerprint density at radius 2 is 1.79 bits per heavy atom. The van der Waals surface area contributed by atoms with Gasteiger partial charge in [-0.05, 0) is 81.5 Å². The van der Waals surface area contributed by atoms with E-state index in [2.05, 4.69) is 25.9 Å². The summed E-state index contributed by atoms with van der Waals surface area (Å²) >= 11 is 0. The van der Waals surface area contributed by atoms with Crippen molar-refractivity contribution in [3.8, 4) is 5.75 Å². The van der Waals surface area contributed by atoms with E-state index >= 15 is 0 Å². The predicted molar refractivity (Wildman–Crippen MR) is 148 cm³/mol. The smallest absolute Gasteiger partial charge is 0.251 e. The Morgan fingerprint density at radius 3 is 2.49 bits per heavy atom. The van der Waals surface area contributed by atoms with Crippen LogP contribution in [0.25, 0.3) is 0 Å². The van der Waals surface area contributed by atoms with Crippen molar-refractivity contribution in [1.29, 1.82) is 0 Å². The van der Waals surface area contributed by atoms with E-state index in [0.29, 0.717) is 30.9 Å². The second-order valence-corrected chi connectivity index (χ2v) is 10.2. The molecule has 0 aliphatic heterocycles. The second kappa shape index (κ2) is 12.9. The molecule has 1 amide bonds. The van der Waals surface area contributed by atoms with Crippen LogP contribution >= 0.6 is 0 Å². The van der Waals surface area contributed by atoms with E-state index in [1.807, 2.05) is 24.3 Å². The fourth-order valence-electron chi connectivity index (χ4n) is 4.48. The number of amides is 1. The first-order valence-electron chi connectivity index (χ1n) is 13.1. The zero-order valence-electron chi connectivity index (χ0n) is 22.5. The molecule has 2 aromatic carbocycles. The zero-order valence-corrected chi connectivity index (χ0v) is 22.5. The number of methoxy groups -OCH3 is 1. The predicted octanol–water partition coefficient (Wildman–Crippen LogP) is 4.77. The molecule has 1 fully saturated rings. The summed E-state index contributed by atoms with van der Waals surface area (Å²) in [6.07, 6.45) is 4.35. The number of carbonyl (C=O) groups is 1. The monoisotopic (exact) mass is 537 g/mol. The molecule has 0 bridgehead atoms. The number of halogens is 1. The second-order valence-electron chi connectivity index (χ2n) is 10.2. The molecule has 10 heteroatoms. The van der Waals surface area contributed by atoms with Crippen molar-refractivity contribution in [2.45, 2.75) is 57.2 Å². The first-order valence-corrected chi connectivity index (χ1v) is 13.1. The van der Waals surface area contributed by atoms with Crippen LogP contribution in [-0.4, -0.2) is 53.4 Å². The van der Waals surface area contributed by atoms with Gasteiger partial charge in [-0.1, -0.05) is 12.1 Å². The maximum Gasteiger partial charge on any atom is 0.251 e. The number of carbonyl (C=O) groups excluding carboxylic acids is 1. The standard InChI is InChI=1S/C29H36FN5O4/c1-29(2,37)20-9-7-19(8-10-20)27(36)33-23-6-4-5-22(17-23)32-26-25(30)18-31-28(35-26)34-21-11-13-24(14-12-21)39-16-15-38-3/h7-14,18,22-23,37H,4-6,15-17H2,1-3H3,(H,33,36)(H2,31,32,34,35). The quantitative estimate of drug-likeness (QED) is 0.259. The maximum absolute atomic E-state index is 14.6. The summed E-state index contributed by atoms with van der Waals surface area (Å²) in [6, 6.07) is 14.1. The average Bonchev–Trinajstić information content (AvgIpc) is 2.91. The summed E-state index contributed by atoms with van der Waals surface area (Å²) in [5.41, 5.74) is 1.05. The molecule has 0 saturated heterocycles. The molecule has 0 spiro atoms. The van der Waals surface area contributed by atoms with E-state index in [1.54, 1.807) is 45.2 Å². The molecule has 1 heterocycles. The van der Waals surface area contributed by atoms with E-state index in [9.17, 15) is 14.3 Å². The molecule has 39 heavy (non-hydrogen) atoms. The topological polar surface area (TPSA) is 118 Å². The number of ether oxygens (including phenoxy) is 2. The lowest BCUT2D eigenvalue weighted by Gasteiger charge is -2.30. The van der Waals surface area contributed by atoms with E-state index < -0.39 is 11.4 Å². The van der Waals surface area contributed by atoms with Crippen LogP contribution in [0.2, 0.25) is 0 Å². The van der Waals surface area contributed by atoms with Crippen molar-refractivity contribution >= 4 is 23.4 Å². The van der Waals surface area contributed by atoms with E-state index in [4.69, 9.17) is 9.47 Å². The Hall–Kier alpha value is -3.76. The molecule has 2 unspecified atom stereocenters. The maximum atomic E-state index is 14.6. The van der Waals surface area contributed by atoms with Gasteiger partial charge in [-0.25, -0.2) is 9.37 Å². The average molecular weight is 538 g/mol. The van der Waals surface area contributed by atoms with Crippen molar-refractivity contribution < 1.29 is 23.8 Å². The van der Waals surface area contributed by atoms with Crippen LogP contribution in [0, 0.1) is 5.82 Å². The van der Waals surface area contributed by atoms with Crippen molar-refractivity contribution in [3.05, 3.63) is 71.7 Å². The van der Waals surface area contributed by atoms with Gasteiger partial charge in [0.15, 0.2) is 11.6 Å². The molecule has 4 rings (SSSR count). The normalized spacial score (nSPS) is 17.4. The van der Waals surface area contributed by atoms with Crippen LogP contribution in [0.5, 0.6) is 5.75 Å². The number of aromatic nitrogens is 2. The molecule has 9 nitrogen and oxygen atoms in total. The minimum atomic E-state index is -0.966. The number of nitrogens with zero attached hydrogens (tertiary/aromatic N) is 2. The molecule has 1 aliphatic rings. The largest absolute Gasteiger partial charge is 0.491 e. The van der Waals surface area contributed by atoms with Crippen LogP contribution in [0.4, 0.5) is 21.8 Å². The number of nitrogens with one attached hydrogen (secondary N) is 3. The Labute approximate surface area is 228 Å². The van der Waals surface area contributed by atoms with E-state index in [0.717, 1.165) is 36.7 Å². The first kappa shape index (κ1) is 28.3. The zero-order chi connectivity index (χ0) is 27.8. The summed E-state index contributed by atoms with van der Waals surface area (Å²) in [5, 5.41) is 19.5. The molecular formula is C29H36FN5O4. The highest BCUT2D eigenvalue weighted by Crippen LogP contribution is 2.25. The van der Waals surface area contributed by atoms with Gasteiger partial charge in [-0.2, -0.15) is 4.98 Å². The van der Waals surface area contributed by atoms with Crippen LogP contribution in [0.15, 0.2) is 54.7 Å². The molecule has 1 saturated carbocycles. The van der Waals surface area contributed by atoms with Gasteiger partial charge in [0.05, 0.1) is 18.4 Å². The third-order valence-electron chi connectivity index (χ3n) is 6.61. The van der Waals surface area contributed by atoms with Gasteiger partial charge in [0.25, 0.3) is 5.91 Å². The van der Waals surface area contributed by atoms with Crippen molar-refractivity contribution in [2.75, 3.05) is 31.0 Å². The highest BCUT2D eigenvalue weighted by Gasteiger charge is 2.25. The minimum absolute atomic E-state index is 0.0511. The SMILES string of the molecule is COCCOc1ccc(Nc2ncc(F)c(NC3CCCC(NC(=O)c4ccc(C(C)(C)O)cc4)C3)n2)cc1. The highest BCUT2D eigenvalue weighted by molar-refractivity contribution is 5.94. The number of hydrogen-bond donors (Lipinski definition) is 4. The third-order valence-corrected chi connectivity index (χ3v) is 6.61. The lowest BCUT2D eigenvalue weighted by atomic mass is 9.90. The van der Waals surface area contributed by atoms with Gasteiger partial charge in [-0.3, -0.25) is 4.79 Å². The fraction of sp³-hybridized carbons (Fsp3) is 0.414. The molecule has 0 radical (unpaired) electrons. The van der Waals surface area contributed by atoms with Gasteiger partial charge in [0.1, 0.15) is 12.4 Å².